The summed E-state index contributed by atoms with van der Waals surface area (Å²) in [6, 6.07) is 6.26. The average molecular weight is 617 g/mol. The van der Waals surface area contributed by atoms with Gasteiger partial charge in [0.2, 0.25) is 6.79 Å². The maximum atomic E-state index is 13.5. The Morgan fingerprint density at radius 2 is 1.80 bits per heavy atom. The number of carbonyl (C=O) groups excluding carboxylic acids is 3. The van der Waals surface area contributed by atoms with Crippen molar-refractivity contribution in [1.82, 2.24) is 10.3 Å². The molecule has 2 fully saturated rings. The fourth-order valence-corrected chi connectivity index (χ4v) is 5.26. The molecule has 1 aliphatic carbocycles. The number of aromatic nitrogens is 1. The number of ether oxygens (including phenoxy) is 6. The number of benzene rings is 1. The summed E-state index contributed by atoms with van der Waals surface area (Å²) in [4.78, 5) is 42.8. The van der Waals surface area contributed by atoms with Gasteiger partial charge in [-0.3, -0.25) is 9.59 Å². The molecule has 1 saturated heterocycles. The summed E-state index contributed by atoms with van der Waals surface area (Å²) in [5.74, 6) is -1.88. The molecule has 0 spiro atoms. The maximum Gasteiger partial charge on any atom is 0.329 e. The van der Waals surface area contributed by atoms with E-state index < -0.39 is 49.0 Å². The third-order valence-electron chi connectivity index (χ3n) is 7.63. The lowest BCUT2D eigenvalue weighted by molar-refractivity contribution is -0.168. The summed E-state index contributed by atoms with van der Waals surface area (Å²) in [5, 5.41) is 2.73. The standard InChI is InChI=1S/C32H41FN2O9/c1-19(2)31(37)41-18-40-29-25(39-4)16-17-34-27(29)30(36)35-24-10-7-11-26(43-23-14-12-21(33)13-15-23)28(20(3)42-32(24)38)44-22-8-5-6-9-22/h12-17,19-20,22,24,26,28H,5-11,18H2,1-4H3,(H,35,36). The van der Waals surface area contributed by atoms with Gasteiger partial charge in [0.05, 0.1) is 19.1 Å². The van der Waals surface area contributed by atoms with E-state index in [1.807, 2.05) is 0 Å². The molecule has 4 unspecified atom stereocenters. The van der Waals surface area contributed by atoms with Gasteiger partial charge >= 0.3 is 11.9 Å². The second-order valence-corrected chi connectivity index (χ2v) is 11.3. The first-order valence-corrected chi connectivity index (χ1v) is 15.1. The van der Waals surface area contributed by atoms with Gasteiger partial charge in [0.15, 0.2) is 17.2 Å². The van der Waals surface area contributed by atoms with Gasteiger partial charge in [-0.1, -0.05) is 26.7 Å². The van der Waals surface area contributed by atoms with Crippen LogP contribution in [0.5, 0.6) is 17.2 Å². The third kappa shape index (κ3) is 8.81. The molecule has 4 rings (SSSR count). The molecule has 0 bridgehead atoms. The molecule has 0 radical (unpaired) electrons. The van der Waals surface area contributed by atoms with Crippen LogP contribution in [0.15, 0.2) is 36.5 Å². The summed E-state index contributed by atoms with van der Waals surface area (Å²) in [6.07, 6.45) is 4.82. The van der Waals surface area contributed by atoms with Crippen molar-refractivity contribution in [3.63, 3.8) is 0 Å². The van der Waals surface area contributed by atoms with Gasteiger partial charge in [0.25, 0.3) is 5.91 Å². The van der Waals surface area contributed by atoms with Crippen LogP contribution in [-0.4, -0.2) is 67.2 Å². The Bertz CT molecular complexity index is 1270. The topological polar surface area (TPSA) is 132 Å². The maximum absolute atomic E-state index is 13.5. The van der Waals surface area contributed by atoms with Crippen LogP contribution in [0.2, 0.25) is 0 Å². The fraction of sp³-hybridized carbons (Fsp3) is 0.562. The Morgan fingerprint density at radius 1 is 1.07 bits per heavy atom. The Balaban J connectivity index is 1.50. The van der Waals surface area contributed by atoms with Crippen LogP contribution >= 0.6 is 0 Å². The average Bonchev–Trinajstić information content (AvgIpc) is 3.53. The molecule has 1 aromatic carbocycles. The Kier molecular flexibility index (Phi) is 11.8. The van der Waals surface area contributed by atoms with Gasteiger partial charge < -0.3 is 33.7 Å². The highest BCUT2D eigenvalue weighted by Gasteiger charge is 2.38. The van der Waals surface area contributed by atoms with Crippen molar-refractivity contribution < 1.29 is 47.2 Å². The molecule has 12 heteroatoms. The number of hydrogen-bond donors (Lipinski definition) is 1. The second-order valence-electron chi connectivity index (χ2n) is 11.3. The van der Waals surface area contributed by atoms with E-state index in [2.05, 4.69) is 10.3 Å². The summed E-state index contributed by atoms with van der Waals surface area (Å²) in [7, 11) is 1.40. The molecule has 2 heterocycles. The van der Waals surface area contributed by atoms with Gasteiger partial charge in [0.1, 0.15) is 35.9 Å². The SMILES string of the molecule is COc1ccnc(C(=O)NC2CCCC(Oc3ccc(F)cc3)C(OC3CCCC3)C(C)OC2=O)c1OCOC(=O)C(C)C. The van der Waals surface area contributed by atoms with Crippen molar-refractivity contribution in [2.45, 2.75) is 96.2 Å². The highest BCUT2D eigenvalue weighted by Crippen LogP contribution is 2.31. The van der Waals surface area contributed by atoms with E-state index in [-0.39, 0.29) is 41.5 Å². The zero-order valence-electron chi connectivity index (χ0n) is 25.6. The van der Waals surface area contributed by atoms with Crippen molar-refractivity contribution in [2.75, 3.05) is 13.9 Å². The predicted octanol–water partition coefficient (Wildman–Crippen LogP) is 4.75. The van der Waals surface area contributed by atoms with Crippen LogP contribution in [-0.2, 0) is 23.8 Å². The molecule has 2 aliphatic rings. The number of esters is 2. The first-order valence-electron chi connectivity index (χ1n) is 15.1. The monoisotopic (exact) mass is 616 g/mol. The number of nitrogens with one attached hydrogen (secondary N) is 1. The van der Waals surface area contributed by atoms with E-state index in [0.717, 1.165) is 25.7 Å². The molecule has 44 heavy (non-hydrogen) atoms. The first-order chi connectivity index (χ1) is 21.2. The number of hydrogen-bond acceptors (Lipinski definition) is 10. The number of methoxy groups -OCH3 is 1. The van der Waals surface area contributed by atoms with Crippen LogP contribution in [0, 0.1) is 11.7 Å². The quantitative estimate of drug-likeness (QED) is 0.279. The molecule has 4 atom stereocenters. The number of carbonyl (C=O) groups is 3. The Hall–Kier alpha value is -3.93. The van der Waals surface area contributed by atoms with Crippen LogP contribution in [0.1, 0.15) is 76.2 Å². The van der Waals surface area contributed by atoms with E-state index in [9.17, 15) is 18.8 Å². The minimum atomic E-state index is -0.999. The number of cyclic esters (lactones) is 1. The minimum absolute atomic E-state index is 0.0223. The van der Waals surface area contributed by atoms with Crippen molar-refractivity contribution in [1.29, 1.82) is 0 Å². The summed E-state index contributed by atoms with van der Waals surface area (Å²) in [5.41, 5.74) is -0.148. The molecule has 1 aliphatic heterocycles. The number of nitrogens with zero attached hydrogens (tertiary/aromatic N) is 1. The van der Waals surface area contributed by atoms with Crippen LogP contribution < -0.4 is 19.5 Å². The lowest BCUT2D eigenvalue weighted by atomic mass is 10.0. The van der Waals surface area contributed by atoms with Gasteiger partial charge in [-0.2, -0.15) is 0 Å². The number of pyridine rings is 1. The van der Waals surface area contributed by atoms with Gasteiger partial charge in [-0.25, -0.2) is 14.2 Å². The van der Waals surface area contributed by atoms with E-state index in [4.69, 9.17) is 28.4 Å². The van der Waals surface area contributed by atoms with E-state index in [1.165, 1.54) is 31.5 Å². The summed E-state index contributed by atoms with van der Waals surface area (Å²) < 4.78 is 48.2. The number of halogens is 1. The largest absolute Gasteiger partial charge is 0.493 e. The minimum Gasteiger partial charge on any atom is -0.493 e. The third-order valence-corrected chi connectivity index (χ3v) is 7.63. The van der Waals surface area contributed by atoms with Crippen LogP contribution in [0.3, 0.4) is 0 Å². The molecule has 2 aromatic rings. The second kappa shape index (κ2) is 15.7. The number of amides is 1. The van der Waals surface area contributed by atoms with Gasteiger partial charge in [-0.05, 0) is 63.3 Å². The van der Waals surface area contributed by atoms with Gasteiger partial charge in [0, 0.05) is 12.3 Å². The molecule has 11 nitrogen and oxygen atoms in total. The molecular weight excluding hydrogens is 575 g/mol. The lowest BCUT2D eigenvalue weighted by Crippen LogP contribution is -2.47. The van der Waals surface area contributed by atoms with Crippen molar-refractivity contribution in [3.05, 3.63) is 48.0 Å². The van der Waals surface area contributed by atoms with E-state index >= 15 is 0 Å². The molecule has 1 N–H and O–H groups in total. The fourth-order valence-electron chi connectivity index (χ4n) is 5.26. The summed E-state index contributed by atoms with van der Waals surface area (Å²) >= 11 is 0. The van der Waals surface area contributed by atoms with Crippen molar-refractivity contribution in [3.8, 4) is 17.2 Å². The molecule has 240 valence electrons. The normalized spacial score (nSPS) is 22.7. The highest BCUT2D eigenvalue weighted by atomic mass is 19.1. The lowest BCUT2D eigenvalue weighted by Gasteiger charge is -2.33. The van der Waals surface area contributed by atoms with Crippen molar-refractivity contribution in [2.24, 2.45) is 5.92 Å². The zero-order chi connectivity index (χ0) is 31.6. The smallest absolute Gasteiger partial charge is 0.329 e. The van der Waals surface area contributed by atoms with E-state index in [1.54, 1.807) is 32.9 Å². The molecule has 1 aromatic heterocycles. The van der Waals surface area contributed by atoms with Crippen molar-refractivity contribution >= 4 is 17.8 Å². The number of rotatable bonds is 11. The summed E-state index contributed by atoms with van der Waals surface area (Å²) in [6.45, 7) is 4.66. The van der Waals surface area contributed by atoms with Crippen LogP contribution in [0.25, 0.3) is 0 Å². The molecule has 1 saturated carbocycles. The van der Waals surface area contributed by atoms with Gasteiger partial charge in [-0.15, -0.1) is 0 Å². The first kappa shape index (κ1) is 33.0. The molecule has 1 amide bonds. The Labute approximate surface area is 256 Å². The van der Waals surface area contributed by atoms with E-state index in [0.29, 0.717) is 18.6 Å². The zero-order valence-corrected chi connectivity index (χ0v) is 25.6. The predicted molar refractivity (Wildman–Crippen MR) is 156 cm³/mol. The van der Waals surface area contributed by atoms with Crippen LogP contribution in [0.4, 0.5) is 4.39 Å². The Morgan fingerprint density at radius 3 is 2.48 bits per heavy atom. The highest BCUT2D eigenvalue weighted by molar-refractivity contribution is 5.98. The molecular formula is C32H41FN2O9.